The van der Waals surface area contributed by atoms with E-state index in [9.17, 15) is 14.2 Å². The summed E-state index contributed by atoms with van der Waals surface area (Å²) in [6.45, 7) is 23.4. The summed E-state index contributed by atoms with van der Waals surface area (Å²) in [7, 11) is -0.984. The molecule has 9 heteroatoms. The molecule has 0 fully saturated rings. The second-order valence-electron chi connectivity index (χ2n) is 18.7. The van der Waals surface area contributed by atoms with E-state index in [0.29, 0.717) is 24.8 Å². The molecule has 0 saturated heterocycles. The second kappa shape index (κ2) is 35.0. The Morgan fingerprint density at radius 1 is 0.491 bits per heavy atom. The summed E-state index contributed by atoms with van der Waals surface area (Å²) in [6, 6.07) is 0. The Balaban J connectivity index is 4.60. The summed E-state index contributed by atoms with van der Waals surface area (Å²) in [6.07, 6.45) is 22.1. The minimum absolute atomic E-state index is 0.127. The van der Waals surface area contributed by atoms with E-state index in [1.807, 2.05) is 0 Å². The standard InChI is InChI=1S/C46H92NO7P/c1-36(2)18-12-20-38(5)22-14-24-40(7)26-16-28-42(9)32-45(48)51-34-44(35-53-55(50)52-31-30-47-11)54-46(49)33-43(10)29-17-27-41(8)25-15-23-39(6)21-13-19-37(3)4/h36-44,47,55H,12-35H2,1-11H3. The molecular formula is C46H92NO7P. The fourth-order valence-corrected chi connectivity index (χ4v) is 8.07. The lowest BCUT2D eigenvalue weighted by Gasteiger charge is -2.20. The minimum Gasteiger partial charge on any atom is -0.462 e. The molecule has 328 valence electrons. The number of rotatable bonds is 38. The molecule has 0 spiro atoms. The highest BCUT2D eigenvalue weighted by atomic mass is 31.1. The highest BCUT2D eigenvalue weighted by molar-refractivity contribution is 7.33. The van der Waals surface area contributed by atoms with Crippen LogP contribution < -0.4 is 5.32 Å². The Kier molecular flexibility index (Phi) is 34.4. The van der Waals surface area contributed by atoms with Crippen LogP contribution in [0, 0.1) is 47.3 Å². The van der Waals surface area contributed by atoms with E-state index in [0.717, 1.165) is 49.4 Å². The Morgan fingerprint density at radius 3 is 1.24 bits per heavy atom. The molecule has 0 aliphatic heterocycles. The van der Waals surface area contributed by atoms with E-state index in [1.54, 1.807) is 7.05 Å². The first kappa shape index (κ1) is 54.0. The summed E-state index contributed by atoms with van der Waals surface area (Å²) >= 11 is 0. The molecule has 0 aliphatic carbocycles. The third kappa shape index (κ3) is 35.9. The SMILES string of the molecule is CNCCO[PH](=O)OCC(COC(=O)CC(C)CCCC(C)CCCC(C)CCCC(C)C)OC(=O)CC(C)CCCC(C)CCCC(C)CCCC(C)C. The summed E-state index contributed by atoms with van der Waals surface area (Å²) in [4.78, 5) is 25.8. The molecule has 0 aromatic rings. The van der Waals surface area contributed by atoms with Crippen LogP contribution in [-0.2, 0) is 32.7 Å². The van der Waals surface area contributed by atoms with Gasteiger partial charge in [-0.05, 0) is 54.4 Å². The number of ether oxygens (including phenoxy) is 2. The van der Waals surface area contributed by atoms with Gasteiger partial charge in [0.05, 0.1) is 13.2 Å². The van der Waals surface area contributed by atoms with Crippen LogP contribution in [0.1, 0.15) is 198 Å². The van der Waals surface area contributed by atoms with Crippen molar-refractivity contribution in [3.05, 3.63) is 0 Å². The maximum absolute atomic E-state index is 13.0. The zero-order chi connectivity index (χ0) is 41.4. The highest BCUT2D eigenvalue weighted by Crippen LogP contribution is 2.26. The zero-order valence-electron chi connectivity index (χ0n) is 38.0. The topological polar surface area (TPSA) is 100 Å². The maximum atomic E-state index is 13.0. The van der Waals surface area contributed by atoms with Crippen molar-refractivity contribution >= 4 is 20.2 Å². The van der Waals surface area contributed by atoms with Crippen molar-refractivity contribution in [1.29, 1.82) is 0 Å². The van der Waals surface area contributed by atoms with Gasteiger partial charge in [-0.25, -0.2) is 0 Å². The van der Waals surface area contributed by atoms with Gasteiger partial charge in [0.1, 0.15) is 6.61 Å². The van der Waals surface area contributed by atoms with Crippen LogP contribution in [0.15, 0.2) is 0 Å². The quantitative estimate of drug-likeness (QED) is 0.0374. The van der Waals surface area contributed by atoms with E-state index in [4.69, 9.17) is 18.5 Å². The predicted octanol–water partition coefficient (Wildman–Crippen LogP) is 13.0. The van der Waals surface area contributed by atoms with E-state index in [2.05, 4.69) is 74.6 Å². The molecule has 55 heavy (non-hydrogen) atoms. The summed E-state index contributed by atoms with van der Waals surface area (Å²) < 4.78 is 34.2. The van der Waals surface area contributed by atoms with Gasteiger partial charge in [0.2, 0.25) is 0 Å². The Hall–Kier alpha value is -0.950. The molecule has 0 radical (unpaired) electrons. The first-order valence-corrected chi connectivity index (χ1v) is 24.1. The van der Waals surface area contributed by atoms with Crippen LogP contribution in [0.25, 0.3) is 0 Å². The zero-order valence-corrected chi connectivity index (χ0v) is 39.0. The van der Waals surface area contributed by atoms with Crippen LogP contribution in [-0.4, -0.2) is 51.5 Å². The highest BCUT2D eigenvalue weighted by Gasteiger charge is 2.22. The normalized spacial score (nSPS) is 16.4. The third-order valence-corrected chi connectivity index (χ3v) is 12.1. The van der Waals surface area contributed by atoms with Crippen LogP contribution >= 0.6 is 8.25 Å². The summed E-state index contributed by atoms with van der Waals surface area (Å²) in [5.41, 5.74) is 0. The lowest BCUT2D eigenvalue weighted by molar-refractivity contribution is -0.162. The molecule has 0 heterocycles. The Bertz CT molecular complexity index is 947. The van der Waals surface area contributed by atoms with Gasteiger partial charge in [-0.2, -0.15) is 0 Å². The van der Waals surface area contributed by atoms with Gasteiger partial charge in [0.25, 0.3) is 0 Å². The number of carbonyl (C=O) groups excluding carboxylic acids is 2. The Labute approximate surface area is 341 Å². The van der Waals surface area contributed by atoms with E-state index >= 15 is 0 Å². The van der Waals surface area contributed by atoms with E-state index in [-0.39, 0.29) is 50.0 Å². The van der Waals surface area contributed by atoms with Gasteiger partial charge < -0.3 is 23.8 Å². The van der Waals surface area contributed by atoms with E-state index < -0.39 is 14.4 Å². The molecular weight excluding hydrogens is 709 g/mol. The van der Waals surface area contributed by atoms with Crippen molar-refractivity contribution in [3.63, 3.8) is 0 Å². The van der Waals surface area contributed by atoms with Crippen molar-refractivity contribution in [2.75, 3.05) is 33.4 Å². The molecule has 8 nitrogen and oxygen atoms in total. The van der Waals surface area contributed by atoms with Gasteiger partial charge in [-0.1, -0.05) is 185 Å². The molecule has 0 aliphatic rings. The number of hydrogen-bond donors (Lipinski definition) is 1. The smallest absolute Gasteiger partial charge is 0.319 e. The van der Waals surface area contributed by atoms with Crippen molar-refractivity contribution < 1.29 is 32.7 Å². The molecule has 1 N–H and O–H groups in total. The first-order chi connectivity index (χ1) is 26.1. The molecule has 8 atom stereocenters. The van der Waals surface area contributed by atoms with Crippen LogP contribution in [0.5, 0.6) is 0 Å². The van der Waals surface area contributed by atoms with Crippen LogP contribution in [0.3, 0.4) is 0 Å². The van der Waals surface area contributed by atoms with Gasteiger partial charge >= 0.3 is 20.2 Å². The van der Waals surface area contributed by atoms with Crippen molar-refractivity contribution in [3.8, 4) is 0 Å². The van der Waals surface area contributed by atoms with Gasteiger partial charge in [0, 0.05) is 19.4 Å². The first-order valence-electron chi connectivity index (χ1n) is 22.9. The second-order valence-corrected chi connectivity index (χ2v) is 19.8. The minimum atomic E-state index is -2.77. The average Bonchev–Trinajstić information content (AvgIpc) is 3.09. The van der Waals surface area contributed by atoms with Crippen molar-refractivity contribution in [1.82, 2.24) is 5.32 Å². The molecule has 0 bridgehead atoms. The van der Waals surface area contributed by atoms with Gasteiger partial charge in [0.15, 0.2) is 6.10 Å². The van der Waals surface area contributed by atoms with Gasteiger partial charge in [-0.15, -0.1) is 0 Å². The number of nitrogens with one attached hydrogen (secondary N) is 1. The monoisotopic (exact) mass is 802 g/mol. The largest absolute Gasteiger partial charge is 0.462 e. The fraction of sp³-hybridized carbons (Fsp3) is 0.957. The van der Waals surface area contributed by atoms with Crippen molar-refractivity contribution in [2.24, 2.45) is 47.3 Å². The number of carbonyl (C=O) groups is 2. The lowest BCUT2D eigenvalue weighted by Crippen LogP contribution is -2.30. The molecule has 0 saturated carbocycles. The van der Waals surface area contributed by atoms with Crippen LogP contribution in [0.4, 0.5) is 0 Å². The Morgan fingerprint density at radius 2 is 0.855 bits per heavy atom. The number of esters is 2. The van der Waals surface area contributed by atoms with Gasteiger partial charge in [-0.3, -0.25) is 14.2 Å². The molecule has 8 unspecified atom stereocenters. The van der Waals surface area contributed by atoms with Crippen molar-refractivity contribution in [2.45, 2.75) is 204 Å². The third-order valence-electron chi connectivity index (χ3n) is 11.2. The van der Waals surface area contributed by atoms with Crippen LogP contribution in [0.2, 0.25) is 0 Å². The lowest BCUT2D eigenvalue weighted by atomic mass is 9.91. The maximum Gasteiger partial charge on any atom is 0.319 e. The van der Waals surface area contributed by atoms with E-state index in [1.165, 1.54) is 89.9 Å². The number of likely N-dealkylation sites (N-methyl/N-ethyl adjacent to an activating group) is 1. The molecule has 0 aromatic heterocycles. The molecule has 0 amide bonds. The predicted molar refractivity (Wildman–Crippen MR) is 233 cm³/mol. The number of hydrogen-bond acceptors (Lipinski definition) is 8. The fourth-order valence-electron chi connectivity index (χ4n) is 7.39. The molecule has 0 rings (SSSR count). The molecule has 0 aromatic carbocycles. The average molecular weight is 802 g/mol. The summed E-state index contributed by atoms with van der Waals surface area (Å²) in [5.74, 6) is 4.35. The summed E-state index contributed by atoms with van der Waals surface area (Å²) in [5, 5.41) is 2.93.